The zero-order valence-corrected chi connectivity index (χ0v) is 12.7. The molecule has 1 aromatic rings. The minimum Gasteiger partial charge on any atom is -0.475 e. The molecular formula is C14H21BN2O4. The lowest BCUT2D eigenvalue weighted by molar-refractivity contribution is 0.0488. The number of ether oxygens (including phenoxy) is 3. The highest BCUT2D eigenvalue weighted by molar-refractivity contribution is 6.32. The van der Waals surface area contributed by atoms with Gasteiger partial charge < -0.3 is 19.5 Å². The molecule has 1 amide bonds. The lowest BCUT2D eigenvalue weighted by atomic mass is 9.98. The van der Waals surface area contributed by atoms with Crippen molar-refractivity contribution >= 4 is 19.4 Å². The highest BCUT2D eigenvalue weighted by Gasteiger charge is 2.15. The Morgan fingerprint density at radius 3 is 2.76 bits per heavy atom. The van der Waals surface area contributed by atoms with Crippen molar-refractivity contribution in [2.24, 2.45) is 0 Å². The number of alkyl carbamates (subject to hydrolysis) is 1. The Morgan fingerprint density at radius 2 is 2.10 bits per heavy atom. The van der Waals surface area contributed by atoms with E-state index >= 15 is 0 Å². The van der Waals surface area contributed by atoms with Crippen LogP contribution in [0.1, 0.15) is 20.8 Å². The monoisotopic (exact) mass is 292 g/mol. The third-order valence-corrected chi connectivity index (χ3v) is 2.15. The van der Waals surface area contributed by atoms with E-state index in [0.29, 0.717) is 37.7 Å². The van der Waals surface area contributed by atoms with Gasteiger partial charge in [-0.05, 0) is 26.8 Å². The van der Waals surface area contributed by atoms with Crippen LogP contribution in [0, 0.1) is 0 Å². The van der Waals surface area contributed by atoms with Crippen molar-refractivity contribution in [3.63, 3.8) is 0 Å². The van der Waals surface area contributed by atoms with E-state index in [9.17, 15) is 4.79 Å². The van der Waals surface area contributed by atoms with Crippen LogP contribution in [0.3, 0.4) is 0 Å². The van der Waals surface area contributed by atoms with Crippen molar-refractivity contribution in [3.05, 3.63) is 18.3 Å². The fourth-order valence-corrected chi connectivity index (χ4v) is 1.35. The molecule has 1 rings (SSSR count). The number of hydrogen-bond donors (Lipinski definition) is 1. The molecule has 0 fully saturated rings. The summed E-state index contributed by atoms with van der Waals surface area (Å²) < 4.78 is 15.7. The normalized spacial score (nSPS) is 11.0. The van der Waals surface area contributed by atoms with Crippen LogP contribution in [0.25, 0.3) is 0 Å². The van der Waals surface area contributed by atoms with Gasteiger partial charge in [-0.1, -0.05) is 11.5 Å². The van der Waals surface area contributed by atoms with Gasteiger partial charge in [-0.15, -0.1) is 0 Å². The van der Waals surface area contributed by atoms with Crippen LogP contribution < -0.4 is 15.5 Å². The van der Waals surface area contributed by atoms with Gasteiger partial charge in [0.1, 0.15) is 20.1 Å². The van der Waals surface area contributed by atoms with Crippen LogP contribution in [0.2, 0.25) is 0 Å². The Morgan fingerprint density at radius 1 is 1.33 bits per heavy atom. The zero-order valence-electron chi connectivity index (χ0n) is 12.7. The molecule has 21 heavy (non-hydrogen) atoms. The summed E-state index contributed by atoms with van der Waals surface area (Å²) in [7, 11) is 5.60. The van der Waals surface area contributed by atoms with E-state index in [1.807, 2.05) is 20.8 Å². The molecule has 0 aliphatic carbocycles. The van der Waals surface area contributed by atoms with Crippen LogP contribution in [-0.4, -0.2) is 50.9 Å². The predicted octanol–water partition coefficient (Wildman–Crippen LogP) is 0.795. The SMILES string of the molecule is [B]c1ccnc(OCCOCCNC(=O)OC(C)(C)C)c1. The van der Waals surface area contributed by atoms with Crippen molar-refractivity contribution in [3.8, 4) is 5.88 Å². The van der Waals surface area contributed by atoms with Gasteiger partial charge in [0.25, 0.3) is 0 Å². The third kappa shape index (κ3) is 8.91. The summed E-state index contributed by atoms with van der Waals surface area (Å²) in [4.78, 5) is 15.3. The molecule has 1 N–H and O–H groups in total. The van der Waals surface area contributed by atoms with Crippen molar-refractivity contribution < 1.29 is 19.0 Å². The fraction of sp³-hybridized carbons (Fsp3) is 0.571. The molecule has 6 nitrogen and oxygen atoms in total. The first-order valence-electron chi connectivity index (χ1n) is 6.76. The van der Waals surface area contributed by atoms with E-state index in [4.69, 9.17) is 22.1 Å². The highest BCUT2D eigenvalue weighted by atomic mass is 16.6. The first-order chi connectivity index (χ1) is 9.87. The molecule has 0 bridgehead atoms. The Bertz CT molecular complexity index is 449. The zero-order chi connectivity index (χ0) is 15.7. The lowest BCUT2D eigenvalue weighted by Gasteiger charge is -2.19. The number of amides is 1. The number of rotatable bonds is 7. The summed E-state index contributed by atoms with van der Waals surface area (Å²) in [6, 6.07) is 3.33. The topological polar surface area (TPSA) is 69.7 Å². The van der Waals surface area contributed by atoms with Crippen molar-refractivity contribution in [2.75, 3.05) is 26.4 Å². The van der Waals surface area contributed by atoms with Crippen molar-refractivity contribution in [2.45, 2.75) is 26.4 Å². The van der Waals surface area contributed by atoms with Crippen molar-refractivity contribution in [1.29, 1.82) is 0 Å². The van der Waals surface area contributed by atoms with E-state index in [0.717, 1.165) is 0 Å². The third-order valence-electron chi connectivity index (χ3n) is 2.15. The summed E-state index contributed by atoms with van der Waals surface area (Å²) in [5.74, 6) is 0.463. The second-order valence-corrected chi connectivity index (χ2v) is 5.32. The molecular weight excluding hydrogens is 271 g/mol. The molecule has 0 saturated carbocycles. The maximum absolute atomic E-state index is 11.3. The van der Waals surface area contributed by atoms with E-state index < -0.39 is 11.7 Å². The number of carbonyl (C=O) groups is 1. The Labute approximate surface area is 126 Å². The predicted molar refractivity (Wildman–Crippen MR) is 80.2 cm³/mol. The minimum absolute atomic E-state index is 0.364. The molecule has 0 aliphatic rings. The molecule has 1 aromatic heterocycles. The van der Waals surface area contributed by atoms with Gasteiger partial charge in [0.05, 0.1) is 13.2 Å². The number of aromatic nitrogens is 1. The standard InChI is InChI=1S/C14H21BN2O4/c1-14(2,3)21-13(18)17-6-7-19-8-9-20-12-10-11(15)4-5-16-12/h4-5,10H,6-9H2,1-3H3,(H,17,18). The van der Waals surface area contributed by atoms with Gasteiger partial charge in [0.15, 0.2) is 0 Å². The van der Waals surface area contributed by atoms with E-state index in [1.54, 1.807) is 18.3 Å². The molecule has 0 spiro atoms. The number of carbonyl (C=O) groups excluding carboxylic acids is 1. The highest BCUT2D eigenvalue weighted by Crippen LogP contribution is 2.06. The Hall–Kier alpha value is -1.76. The van der Waals surface area contributed by atoms with Gasteiger partial charge in [0.2, 0.25) is 5.88 Å². The van der Waals surface area contributed by atoms with Gasteiger partial charge in [0, 0.05) is 12.7 Å². The summed E-state index contributed by atoms with van der Waals surface area (Å²) in [6.07, 6.45) is 1.13. The van der Waals surface area contributed by atoms with Crippen LogP contribution in [-0.2, 0) is 9.47 Å². The molecule has 0 aliphatic heterocycles. The summed E-state index contributed by atoms with van der Waals surface area (Å²) in [5.41, 5.74) is 0.103. The van der Waals surface area contributed by atoms with Gasteiger partial charge in [-0.25, -0.2) is 9.78 Å². The summed E-state index contributed by atoms with van der Waals surface area (Å²) in [6.45, 7) is 6.95. The number of pyridine rings is 1. The van der Waals surface area contributed by atoms with Gasteiger partial charge in [-0.2, -0.15) is 0 Å². The van der Waals surface area contributed by atoms with Crippen LogP contribution in [0.5, 0.6) is 5.88 Å². The van der Waals surface area contributed by atoms with E-state index in [-0.39, 0.29) is 0 Å². The van der Waals surface area contributed by atoms with E-state index in [2.05, 4.69) is 10.3 Å². The smallest absolute Gasteiger partial charge is 0.407 e. The number of hydrogen-bond acceptors (Lipinski definition) is 5. The number of nitrogens with zero attached hydrogens (tertiary/aromatic N) is 1. The summed E-state index contributed by atoms with van der Waals surface area (Å²) >= 11 is 0. The second kappa shape index (κ2) is 8.51. The lowest BCUT2D eigenvalue weighted by Crippen LogP contribution is -2.34. The molecule has 1 heterocycles. The van der Waals surface area contributed by atoms with Crippen LogP contribution in [0.4, 0.5) is 4.79 Å². The first-order valence-corrected chi connectivity index (χ1v) is 6.76. The second-order valence-electron chi connectivity index (χ2n) is 5.32. The van der Waals surface area contributed by atoms with Crippen LogP contribution in [0.15, 0.2) is 18.3 Å². The minimum atomic E-state index is -0.497. The maximum atomic E-state index is 11.3. The van der Waals surface area contributed by atoms with Crippen LogP contribution >= 0.6 is 0 Å². The van der Waals surface area contributed by atoms with Crippen molar-refractivity contribution in [1.82, 2.24) is 10.3 Å². The van der Waals surface area contributed by atoms with Gasteiger partial charge in [-0.3, -0.25) is 0 Å². The maximum Gasteiger partial charge on any atom is 0.407 e. The Balaban J connectivity index is 2.01. The van der Waals surface area contributed by atoms with E-state index in [1.165, 1.54) is 0 Å². The fourth-order valence-electron chi connectivity index (χ4n) is 1.35. The summed E-state index contributed by atoms with van der Waals surface area (Å²) in [5, 5.41) is 2.60. The molecule has 2 radical (unpaired) electrons. The quantitative estimate of drug-likeness (QED) is 0.594. The molecule has 7 heteroatoms. The number of nitrogens with one attached hydrogen (secondary N) is 1. The first kappa shape index (κ1) is 17.3. The largest absolute Gasteiger partial charge is 0.475 e. The van der Waals surface area contributed by atoms with Gasteiger partial charge >= 0.3 is 6.09 Å². The molecule has 0 saturated heterocycles. The average Bonchev–Trinajstić information content (AvgIpc) is 2.35. The Kier molecular flexibility index (Phi) is 7.01. The molecule has 0 atom stereocenters. The average molecular weight is 292 g/mol. The molecule has 0 unspecified atom stereocenters. The molecule has 114 valence electrons. The molecule has 0 aromatic carbocycles.